The zero-order chi connectivity index (χ0) is 14.7. The molecule has 1 heterocycles. The highest BCUT2D eigenvalue weighted by Gasteiger charge is 2.13. The van der Waals surface area contributed by atoms with Crippen LogP contribution < -0.4 is 5.32 Å². The van der Waals surface area contributed by atoms with E-state index in [0.717, 1.165) is 6.29 Å². The third-order valence-electron chi connectivity index (χ3n) is 2.96. The number of carbonyl (C=O) groups excluding carboxylic acids is 2. The molecule has 0 unspecified atom stereocenters. The Morgan fingerprint density at radius 2 is 2.20 bits per heavy atom. The lowest BCUT2D eigenvalue weighted by Gasteiger charge is -2.06. The van der Waals surface area contributed by atoms with Crippen LogP contribution in [0.4, 0.5) is 10.1 Å². The predicted octanol–water partition coefficient (Wildman–Crippen LogP) is 2.09. The van der Waals surface area contributed by atoms with Crippen LogP contribution in [0.2, 0.25) is 0 Å². The first-order valence-electron chi connectivity index (χ1n) is 6.06. The second-order valence-electron chi connectivity index (χ2n) is 4.42. The maximum absolute atomic E-state index is 13.0. The standard InChI is InChI=1S/C14H14FN3O2/c1-9-13(8-19)10(2)18(17-9)7-14(20)16-12-5-3-4-11(15)6-12/h3-6,8H,7H2,1-2H3,(H,16,20). The third kappa shape index (κ3) is 2.90. The van der Waals surface area contributed by atoms with Crippen LogP contribution in [0.15, 0.2) is 24.3 Å². The van der Waals surface area contributed by atoms with Crippen LogP contribution in [-0.4, -0.2) is 22.0 Å². The Labute approximate surface area is 115 Å². The van der Waals surface area contributed by atoms with Gasteiger partial charge in [0.15, 0.2) is 6.29 Å². The lowest BCUT2D eigenvalue weighted by Crippen LogP contribution is -2.20. The smallest absolute Gasteiger partial charge is 0.246 e. The molecule has 0 aliphatic heterocycles. The van der Waals surface area contributed by atoms with Gasteiger partial charge in [0.2, 0.25) is 5.91 Å². The number of hydrogen-bond acceptors (Lipinski definition) is 3. The van der Waals surface area contributed by atoms with E-state index in [1.807, 2.05) is 0 Å². The minimum Gasteiger partial charge on any atom is -0.324 e. The number of rotatable bonds is 4. The van der Waals surface area contributed by atoms with Gasteiger partial charge in [0.25, 0.3) is 0 Å². The Kier molecular flexibility index (Phi) is 3.93. The van der Waals surface area contributed by atoms with Crippen molar-refractivity contribution in [3.63, 3.8) is 0 Å². The molecule has 0 atom stereocenters. The quantitative estimate of drug-likeness (QED) is 0.869. The predicted molar refractivity (Wildman–Crippen MR) is 72.1 cm³/mol. The summed E-state index contributed by atoms with van der Waals surface area (Å²) >= 11 is 0. The third-order valence-corrected chi connectivity index (χ3v) is 2.96. The molecule has 6 heteroatoms. The fourth-order valence-electron chi connectivity index (χ4n) is 1.94. The highest BCUT2D eigenvalue weighted by Crippen LogP contribution is 2.12. The van der Waals surface area contributed by atoms with Gasteiger partial charge in [-0.05, 0) is 32.0 Å². The normalized spacial score (nSPS) is 10.3. The maximum Gasteiger partial charge on any atom is 0.246 e. The van der Waals surface area contributed by atoms with Gasteiger partial charge in [0, 0.05) is 11.4 Å². The molecular weight excluding hydrogens is 261 g/mol. The van der Waals surface area contributed by atoms with Gasteiger partial charge in [-0.15, -0.1) is 0 Å². The SMILES string of the molecule is Cc1nn(CC(=O)Nc2cccc(F)c2)c(C)c1C=O. The summed E-state index contributed by atoms with van der Waals surface area (Å²) in [7, 11) is 0. The van der Waals surface area contributed by atoms with Crippen molar-refractivity contribution in [3.8, 4) is 0 Å². The van der Waals surface area contributed by atoms with Gasteiger partial charge in [-0.25, -0.2) is 4.39 Å². The molecule has 1 N–H and O–H groups in total. The van der Waals surface area contributed by atoms with E-state index in [1.165, 1.54) is 22.9 Å². The van der Waals surface area contributed by atoms with E-state index >= 15 is 0 Å². The molecule has 0 bridgehead atoms. The molecule has 20 heavy (non-hydrogen) atoms. The molecule has 1 amide bonds. The molecule has 0 saturated carbocycles. The van der Waals surface area contributed by atoms with Crippen LogP contribution in [0.5, 0.6) is 0 Å². The van der Waals surface area contributed by atoms with Crippen LogP contribution >= 0.6 is 0 Å². The molecule has 1 aromatic carbocycles. The minimum absolute atomic E-state index is 0.0307. The largest absolute Gasteiger partial charge is 0.324 e. The van der Waals surface area contributed by atoms with Crippen molar-refractivity contribution < 1.29 is 14.0 Å². The summed E-state index contributed by atoms with van der Waals surface area (Å²) < 4.78 is 14.5. The lowest BCUT2D eigenvalue weighted by molar-refractivity contribution is -0.116. The molecular formula is C14H14FN3O2. The first-order valence-corrected chi connectivity index (χ1v) is 6.06. The number of aromatic nitrogens is 2. The minimum atomic E-state index is -0.419. The average molecular weight is 275 g/mol. The molecule has 0 fully saturated rings. The zero-order valence-corrected chi connectivity index (χ0v) is 11.2. The van der Waals surface area contributed by atoms with Crippen molar-refractivity contribution in [1.82, 2.24) is 9.78 Å². The second-order valence-corrected chi connectivity index (χ2v) is 4.42. The summed E-state index contributed by atoms with van der Waals surface area (Å²) in [6.45, 7) is 3.40. The fraction of sp³-hybridized carbons (Fsp3) is 0.214. The number of anilines is 1. The molecule has 0 saturated heterocycles. The molecule has 2 aromatic rings. The molecule has 0 radical (unpaired) electrons. The van der Waals surface area contributed by atoms with Crippen LogP contribution in [0.3, 0.4) is 0 Å². The monoisotopic (exact) mass is 275 g/mol. The van der Waals surface area contributed by atoms with Gasteiger partial charge in [-0.1, -0.05) is 6.07 Å². The Morgan fingerprint density at radius 1 is 1.45 bits per heavy atom. The molecule has 0 aliphatic rings. The number of aryl methyl sites for hydroxylation is 1. The summed E-state index contributed by atoms with van der Waals surface area (Å²) in [6, 6.07) is 5.64. The number of benzene rings is 1. The van der Waals surface area contributed by atoms with Crippen LogP contribution in [0.1, 0.15) is 21.7 Å². The van der Waals surface area contributed by atoms with E-state index in [0.29, 0.717) is 22.6 Å². The average Bonchev–Trinajstić information content (AvgIpc) is 2.63. The maximum atomic E-state index is 13.0. The van der Waals surface area contributed by atoms with E-state index < -0.39 is 5.82 Å². The van der Waals surface area contributed by atoms with Crippen LogP contribution in [0, 0.1) is 19.7 Å². The number of halogens is 1. The summed E-state index contributed by atoms with van der Waals surface area (Å²) in [5, 5.41) is 6.71. The van der Waals surface area contributed by atoms with Crippen LogP contribution in [-0.2, 0) is 11.3 Å². The Balaban J connectivity index is 2.10. The number of nitrogens with zero attached hydrogens (tertiary/aromatic N) is 2. The first-order chi connectivity index (χ1) is 9.51. The summed E-state index contributed by atoms with van der Waals surface area (Å²) in [5.41, 5.74) is 2.08. The molecule has 0 aliphatic carbocycles. The lowest BCUT2D eigenvalue weighted by atomic mass is 10.2. The molecule has 2 rings (SSSR count). The highest BCUT2D eigenvalue weighted by atomic mass is 19.1. The Bertz CT molecular complexity index is 664. The van der Waals surface area contributed by atoms with Gasteiger partial charge >= 0.3 is 0 Å². The van der Waals surface area contributed by atoms with Crippen molar-refractivity contribution in [3.05, 3.63) is 47.0 Å². The number of nitrogens with one attached hydrogen (secondary N) is 1. The van der Waals surface area contributed by atoms with E-state index in [2.05, 4.69) is 10.4 Å². The molecule has 1 aromatic heterocycles. The van der Waals surface area contributed by atoms with Gasteiger partial charge in [-0.2, -0.15) is 5.10 Å². The second kappa shape index (κ2) is 5.64. The van der Waals surface area contributed by atoms with Crippen molar-refractivity contribution >= 4 is 17.9 Å². The summed E-state index contributed by atoms with van der Waals surface area (Å²) in [4.78, 5) is 22.8. The number of amides is 1. The van der Waals surface area contributed by atoms with Crippen molar-refractivity contribution in [2.45, 2.75) is 20.4 Å². The molecule has 104 valence electrons. The van der Waals surface area contributed by atoms with E-state index in [1.54, 1.807) is 19.9 Å². The molecule has 5 nitrogen and oxygen atoms in total. The Morgan fingerprint density at radius 3 is 2.80 bits per heavy atom. The van der Waals surface area contributed by atoms with Gasteiger partial charge in [-0.3, -0.25) is 14.3 Å². The van der Waals surface area contributed by atoms with Crippen molar-refractivity contribution in [1.29, 1.82) is 0 Å². The first kappa shape index (κ1) is 13.9. The van der Waals surface area contributed by atoms with Gasteiger partial charge in [0.05, 0.1) is 11.3 Å². The number of carbonyl (C=O) groups is 2. The highest BCUT2D eigenvalue weighted by molar-refractivity contribution is 5.90. The Hall–Kier alpha value is -2.50. The van der Waals surface area contributed by atoms with E-state index in [4.69, 9.17) is 0 Å². The fourth-order valence-corrected chi connectivity index (χ4v) is 1.94. The summed E-state index contributed by atoms with van der Waals surface area (Å²) in [5.74, 6) is -0.754. The van der Waals surface area contributed by atoms with Gasteiger partial charge in [0.1, 0.15) is 12.4 Å². The van der Waals surface area contributed by atoms with Crippen molar-refractivity contribution in [2.75, 3.05) is 5.32 Å². The molecule has 0 spiro atoms. The van der Waals surface area contributed by atoms with E-state index in [-0.39, 0.29) is 12.5 Å². The topological polar surface area (TPSA) is 64.0 Å². The number of hydrogen-bond donors (Lipinski definition) is 1. The van der Waals surface area contributed by atoms with E-state index in [9.17, 15) is 14.0 Å². The van der Waals surface area contributed by atoms with Gasteiger partial charge < -0.3 is 5.32 Å². The van der Waals surface area contributed by atoms with Crippen molar-refractivity contribution in [2.24, 2.45) is 0 Å². The number of aldehydes is 1. The zero-order valence-electron chi connectivity index (χ0n) is 11.2. The summed E-state index contributed by atoms with van der Waals surface area (Å²) in [6.07, 6.45) is 0.721. The van der Waals surface area contributed by atoms with Crippen LogP contribution in [0.25, 0.3) is 0 Å².